The van der Waals surface area contributed by atoms with Gasteiger partial charge in [0, 0.05) is 38.1 Å². The van der Waals surface area contributed by atoms with Crippen LogP contribution in [0.2, 0.25) is 25.7 Å². The number of carbonyl (C=O) groups is 2. The molecule has 0 unspecified atom stereocenters. The Morgan fingerprint density at radius 1 is 0.833 bits per heavy atom. The highest BCUT2D eigenvalue weighted by Crippen LogP contribution is 2.53. The number of ketones is 1. The molecule has 0 radical (unpaired) electrons. The van der Waals surface area contributed by atoms with Crippen LogP contribution in [0.4, 0.5) is 10.5 Å². The quantitative estimate of drug-likeness (QED) is 0.116. The molecule has 1 N–H and O–H groups in total. The van der Waals surface area contributed by atoms with Crippen molar-refractivity contribution in [1.82, 2.24) is 0 Å². The first-order chi connectivity index (χ1) is 20.0. The van der Waals surface area contributed by atoms with Crippen molar-refractivity contribution in [2.75, 3.05) is 40.0 Å². The van der Waals surface area contributed by atoms with Crippen LogP contribution in [0.1, 0.15) is 40.4 Å². The predicted octanol–water partition coefficient (Wildman–Crippen LogP) is 7.51. The molecule has 10 heteroatoms. The van der Waals surface area contributed by atoms with Gasteiger partial charge in [-0.15, -0.1) is 0 Å². The summed E-state index contributed by atoms with van der Waals surface area (Å²) in [6.45, 7) is 12.5. The smallest absolute Gasteiger partial charge is 0.411 e. The molecule has 0 aliphatic rings. The van der Waals surface area contributed by atoms with Gasteiger partial charge >= 0.3 is 6.09 Å². The highest BCUT2D eigenvalue weighted by Gasteiger charge is 2.32. The molecule has 3 aromatic rings. The number of amides is 1. The van der Waals surface area contributed by atoms with Gasteiger partial charge in [0.1, 0.15) is 23.9 Å². The molecular formula is C32H43NO8Si. The third-order valence-corrected chi connectivity index (χ3v) is 8.60. The van der Waals surface area contributed by atoms with Crippen molar-refractivity contribution in [2.45, 2.75) is 59.5 Å². The summed E-state index contributed by atoms with van der Waals surface area (Å²) in [5.41, 5.74) is 2.78. The molecule has 0 saturated carbocycles. The van der Waals surface area contributed by atoms with Gasteiger partial charge < -0.3 is 28.4 Å². The van der Waals surface area contributed by atoms with Crippen LogP contribution in [-0.2, 0) is 16.1 Å². The lowest BCUT2D eigenvalue weighted by Gasteiger charge is -2.26. The van der Waals surface area contributed by atoms with Crippen LogP contribution in [0.5, 0.6) is 23.0 Å². The first-order valence-electron chi connectivity index (χ1n) is 14.0. The molecule has 0 aromatic heterocycles. The zero-order valence-electron chi connectivity index (χ0n) is 26.2. The third kappa shape index (κ3) is 7.35. The van der Waals surface area contributed by atoms with Gasteiger partial charge in [-0.25, -0.2) is 4.79 Å². The first kappa shape index (κ1) is 32.7. The van der Waals surface area contributed by atoms with Gasteiger partial charge in [-0.05, 0) is 25.5 Å². The van der Waals surface area contributed by atoms with Crippen molar-refractivity contribution in [3.8, 4) is 23.0 Å². The largest absolute Gasteiger partial charge is 0.496 e. The normalized spacial score (nSPS) is 11.3. The Morgan fingerprint density at radius 2 is 1.50 bits per heavy atom. The summed E-state index contributed by atoms with van der Waals surface area (Å²) < 4.78 is 35.1. The summed E-state index contributed by atoms with van der Waals surface area (Å²) in [6, 6.07) is 10.6. The Labute approximate surface area is 249 Å². The molecule has 0 aliphatic heterocycles. The highest BCUT2D eigenvalue weighted by atomic mass is 28.3. The Hall–Kier alpha value is -3.76. The number of anilines is 1. The molecule has 0 aliphatic carbocycles. The van der Waals surface area contributed by atoms with E-state index in [1.807, 2.05) is 37.3 Å². The Bertz CT molecular complexity index is 1420. The number of Topliss-reactive ketones (excluding diaryl/α,β-unsaturated/α-hetero) is 1. The topological polar surface area (TPSA) is 102 Å². The Balaban J connectivity index is 2.34. The van der Waals surface area contributed by atoms with E-state index in [9.17, 15) is 9.59 Å². The fraction of sp³-hybridized carbons (Fsp3) is 0.438. The third-order valence-electron chi connectivity index (χ3n) is 6.90. The number of methoxy groups -OCH3 is 3. The van der Waals surface area contributed by atoms with E-state index in [0.29, 0.717) is 62.8 Å². The Kier molecular flexibility index (Phi) is 11.2. The second-order valence-corrected chi connectivity index (χ2v) is 16.8. The zero-order valence-corrected chi connectivity index (χ0v) is 27.2. The fourth-order valence-corrected chi connectivity index (χ4v) is 5.43. The number of benzene rings is 3. The predicted molar refractivity (Wildman–Crippen MR) is 168 cm³/mol. The number of hydrogen-bond acceptors (Lipinski definition) is 8. The minimum atomic E-state index is -1.40. The summed E-state index contributed by atoms with van der Waals surface area (Å²) in [5.74, 6) is 1.31. The zero-order chi connectivity index (χ0) is 31.0. The number of nitrogens with one attached hydrogen (secondary N) is 1. The lowest BCUT2D eigenvalue weighted by molar-refractivity contribution is 0.0496. The van der Waals surface area contributed by atoms with E-state index < -0.39 is 14.2 Å². The maximum atomic E-state index is 13.6. The van der Waals surface area contributed by atoms with E-state index in [1.54, 1.807) is 13.8 Å². The van der Waals surface area contributed by atoms with Crippen molar-refractivity contribution in [3.05, 3.63) is 52.6 Å². The van der Waals surface area contributed by atoms with Crippen LogP contribution in [0.15, 0.2) is 30.3 Å². The van der Waals surface area contributed by atoms with Gasteiger partial charge in [0.15, 0.2) is 18.3 Å². The minimum Gasteiger partial charge on any atom is -0.496 e. The number of hydrogen-bond donors (Lipinski definition) is 1. The molecule has 3 aromatic carbocycles. The summed E-state index contributed by atoms with van der Waals surface area (Å²) >= 11 is 0. The number of fused-ring (bicyclic) bond motifs is 1. The van der Waals surface area contributed by atoms with Crippen molar-refractivity contribution in [1.29, 1.82) is 0 Å². The maximum Gasteiger partial charge on any atom is 0.411 e. The van der Waals surface area contributed by atoms with Crippen LogP contribution in [0.25, 0.3) is 10.8 Å². The standard InChI is InChI=1S/C32H43NO8Si/c1-10-23(34)24-25-26(30(21(3)29(24)41-19-36-4)40-18-22-14-12-11-13-15-22)31(38-6)27(20(2)28(25)37-5)33-32(35)39-16-17-42(7,8)9/h11-15H,10,16-19H2,1-9H3,(H,33,35). The lowest BCUT2D eigenvalue weighted by atomic mass is 9.91. The highest BCUT2D eigenvalue weighted by molar-refractivity contribution is 6.76. The molecule has 0 saturated heterocycles. The van der Waals surface area contributed by atoms with Crippen LogP contribution in [-0.4, -0.2) is 54.7 Å². The first-order valence-corrected chi connectivity index (χ1v) is 17.7. The molecule has 0 spiro atoms. The van der Waals surface area contributed by atoms with E-state index in [4.69, 9.17) is 28.4 Å². The average Bonchev–Trinajstić information content (AvgIpc) is 2.95. The molecular weight excluding hydrogens is 554 g/mol. The summed E-state index contributed by atoms with van der Waals surface area (Å²) in [5, 5.41) is 3.82. The molecule has 42 heavy (non-hydrogen) atoms. The maximum absolute atomic E-state index is 13.6. The van der Waals surface area contributed by atoms with Gasteiger partial charge in [0.05, 0.1) is 37.5 Å². The second kappa shape index (κ2) is 14.4. The molecule has 228 valence electrons. The Morgan fingerprint density at radius 3 is 2.07 bits per heavy atom. The van der Waals surface area contributed by atoms with Gasteiger partial charge in [-0.1, -0.05) is 56.9 Å². The van der Waals surface area contributed by atoms with Gasteiger partial charge in [0.2, 0.25) is 0 Å². The average molecular weight is 598 g/mol. The number of carbonyl (C=O) groups excluding carboxylic acids is 2. The summed E-state index contributed by atoms with van der Waals surface area (Å²) in [4.78, 5) is 26.5. The van der Waals surface area contributed by atoms with Crippen LogP contribution in [0.3, 0.4) is 0 Å². The molecule has 0 fully saturated rings. The molecule has 0 heterocycles. The molecule has 3 rings (SSSR count). The van der Waals surface area contributed by atoms with Crippen molar-refractivity contribution >= 4 is 36.4 Å². The van der Waals surface area contributed by atoms with Crippen molar-refractivity contribution in [3.63, 3.8) is 0 Å². The molecule has 9 nitrogen and oxygen atoms in total. The monoisotopic (exact) mass is 597 g/mol. The van der Waals surface area contributed by atoms with Crippen LogP contribution in [0, 0.1) is 13.8 Å². The minimum absolute atomic E-state index is 0.0736. The molecule has 0 atom stereocenters. The molecule has 1 amide bonds. The van der Waals surface area contributed by atoms with E-state index in [2.05, 4.69) is 25.0 Å². The lowest BCUT2D eigenvalue weighted by Crippen LogP contribution is -2.24. The SMILES string of the molecule is CCC(=O)c1c(OCOC)c(C)c(OCc2ccccc2)c2c(OC)c(NC(=O)OCC[Si](C)(C)C)c(C)c(OC)c12. The van der Waals surface area contributed by atoms with E-state index in [1.165, 1.54) is 21.3 Å². The van der Waals surface area contributed by atoms with Gasteiger partial charge in [0.25, 0.3) is 0 Å². The van der Waals surface area contributed by atoms with Gasteiger partial charge in [-0.2, -0.15) is 0 Å². The van der Waals surface area contributed by atoms with E-state index in [0.717, 1.165) is 11.6 Å². The number of rotatable bonds is 14. The van der Waals surface area contributed by atoms with Crippen molar-refractivity contribution in [2.24, 2.45) is 0 Å². The summed E-state index contributed by atoms with van der Waals surface area (Å²) in [7, 11) is 3.14. The summed E-state index contributed by atoms with van der Waals surface area (Å²) in [6.07, 6.45) is -0.389. The molecule has 0 bridgehead atoms. The van der Waals surface area contributed by atoms with Gasteiger partial charge in [-0.3, -0.25) is 10.1 Å². The van der Waals surface area contributed by atoms with E-state index >= 15 is 0 Å². The van der Waals surface area contributed by atoms with Crippen LogP contribution < -0.4 is 24.3 Å². The number of ether oxygens (including phenoxy) is 6. The van der Waals surface area contributed by atoms with E-state index in [-0.39, 0.29) is 25.6 Å². The fourth-order valence-electron chi connectivity index (χ4n) is 4.72. The van der Waals surface area contributed by atoms with Crippen LogP contribution >= 0.6 is 0 Å². The van der Waals surface area contributed by atoms with Crippen molar-refractivity contribution < 1.29 is 38.0 Å². The second-order valence-electron chi connectivity index (χ2n) is 11.1.